The summed E-state index contributed by atoms with van der Waals surface area (Å²) in [5.74, 6) is 1.15. The van der Waals surface area contributed by atoms with Gasteiger partial charge in [0, 0.05) is 48.6 Å². The highest BCUT2D eigenvalue weighted by molar-refractivity contribution is 7.15. The quantitative estimate of drug-likeness (QED) is 0.274. The number of anilines is 2. The van der Waals surface area contributed by atoms with Crippen molar-refractivity contribution < 1.29 is 23.5 Å². The molecule has 12 nitrogen and oxygen atoms in total. The lowest BCUT2D eigenvalue weighted by Gasteiger charge is -2.23. The third kappa shape index (κ3) is 6.01. The number of nitrogens with one attached hydrogen (secondary N) is 2. The highest BCUT2D eigenvalue weighted by Gasteiger charge is 2.30. The van der Waals surface area contributed by atoms with E-state index in [4.69, 9.17) is 18.6 Å². The number of nitrogens with zero attached hydrogens (tertiary/aromatic N) is 5. The van der Waals surface area contributed by atoms with E-state index in [2.05, 4.69) is 20.6 Å². The summed E-state index contributed by atoms with van der Waals surface area (Å²) in [5.41, 5.74) is 0.617. The lowest BCUT2D eigenvalue weighted by molar-refractivity contribution is 0.0823. The molecular formula is C30H37N7O5S. The van der Waals surface area contributed by atoms with E-state index in [1.807, 2.05) is 12.1 Å². The van der Waals surface area contributed by atoms with Crippen LogP contribution in [0.3, 0.4) is 0 Å². The predicted molar refractivity (Wildman–Crippen MR) is 164 cm³/mol. The fraction of sp³-hybridized carbons (Fsp3) is 0.500. The van der Waals surface area contributed by atoms with Crippen LogP contribution in [0.1, 0.15) is 72.5 Å². The second-order valence-corrected chi connectivity index (χ2v) is 12.6. The van der Waals surface area contributed by atoms with E-state index in [9.17, 15) is 14.7 Å². The highest BCUT2D eigenvalue weighted by Crippen LogP contribution is 2.36. The number of rotatable bonds is 7. The zero-order chi connectivity index (χ0) is 32.8. The summed E-state index contributed by atoms with van der Waals surface area (Å²) >= 11 is 1.37. The van der Waals surface area contributed by atoms with Gasteiger partial charge in [0.15, 0.2) is 0 Å². The van der Waals surface area contributed by atoms with Gasteiger partial charge in [0.1, 0.15) is 22.3 Å². The highest BCUT2D eigenvalue weighted by atomic mass is 32.1. The molecule has 1 aliphatic carbocycles. The van der Waals surface area contributed by atoms with Crippen LogP contribution < -0.4 is 16.3 Å². The van der Waals surface area contributed by atoms with Gasteiger partial charge in [0.25, 0.3) is 0 Å². The van der Waals surface area contributed by atoms with Gasteiger partial charge in [0.2, 0.25) is 0 Å². The Morgan fingerprint density at radius 1 is 1.14 bits per heavy atom. The number of hydrogen-bond donors (Lipinski definition) is 3. The number of alkyl carbamates (subject to hydrolysis) is 1. The van der Waals surface area contributed by atoms with Crippen LogP contribution in [0, 0.1) is 0 Å². The van der Waals surface area contributed by atoms with Crippen molar-refractivity contribution in [1.82, 2.24) is 29.4 Å². The number of carbonyl (C=O) groups is 1. The van der Waals surface area contributed by atoms with Crippen LogP contribution in [-0.2, 0) is 22.1 Å². The van der Waals surface area contributed by atoms with Crippen molar-refractivity contribution in [2.75, 3.05) is 25.6 Å². The lowest BCUT2D eigenvalue weighted by atomic mass is 9.92. The molecule has 1 amide bonds. The fourth-order valence-corrected chi connectivity index (χ4v) is 6.76. The number of ether oxygens (including phenoxy) is 2. The Hall–Kier alpha value is -3.81. The number of thiazole rings is 1. The Balaban J connectivity index is 1.39. The smallest absolute Gasteiger partial charge is 0.407 e. The number of aromatic nitrogens is 5. The second-order valence-electron chi connectivity index (χ2n) is 11.6. The van der Waals surface area contributed by atoms with Gasteiger partial charge in [-0.1, -0.05) is 0 Å². The van der Waals surface area contributed by atoms with Crippen molar-refractivity contribution >= 4 is 40.1 Å². The van der Waals surface area contributed by atoms with Crippen molar-refractivity contribution in [1.29, 1.82) is 0 Å². The molecule has 2 aliphatic rings. The van der Waals surface area contributed by atoms with Gasteiger partial charge in [-0.15, -0.1) is 11.3 Å². The van der Waals surface area contributed by atoms with E-state index < -0.39 is 24.4 Å². The Bertz CT molecular complexity index is 1810. The van der Waals surface area contributed by atoms with E-state index >= 15 is 0 Å². The molecule has 1 aliphatic heterocycles. The summed E-state index contributed by atoms with van der Waals surface area (Å²) in [7, 11) is 1.29. The van der Waals surface area contributed by atoms with Gasteiger partial charge < -0.3 is 25.2 Å². The molecule has 2 atom stereocenters. The van der Waals surface area contributed by atoms with Crippen molar-refractivity contribution in [2.24, 2.45) is 6.98 Å². The largest absolute Gasteiger partial charge is 0.453 e. The molecule has 5 heterocycles. The zero-order valence-corrected chi connectivity index (χ0v) is 25.1. The molecule has 2 fully saturated rings. The number of pyridine rings is 2. The molecular weight excluding hydrogens is 570 g/mol. The van der Waals surface area contributed by atoms with E-state index in [0.717, 1.165) is 27.8 Å². The molecule has 6 rings (SSSR count). The maximum Gasteiger partial charge on any atom is 0.407 e. The predicted octanol–water partition coefficient (Wildman–Crippen LogP) is 4.57. The monoisotopic (exact) mass is 610 g/mol. The van der Waals surface area contributed by atoms with Gasteiger partial charge in [-0.3, -0.25) is 9.13 Å². The normalized spacial score (nSPS) is 20.9. The number of imidazole rings is 1. The number of methoxy groups -OCH3 is 1. The Morgan fingerprint density at radius 2 is 1.95 bits per heavy atom. The molecule has 1 saturated carbocycles. The Kier molecular flexibility index (Phi) is 6.98. The minimum Gasteiger partial charge on any atom is -0.453 e. The number of hydrogen-bond acceptors (Lipinski definition) is 10. The van der Waals surface area contributed by atoms with Gasteiger partial charge in [0.05, 0.1) is 34.8 Å². The molecule has 0 bridgehead atoms. The SMILES string of the molecule is [2H]C([2H])([2H])n1c(=O)n([C@@H]2CC[C@@H](NC(=O)OC)C2)c2cc(Nc3cc(C4CCOCC4)cc(-c4ncc(C(C)(C)O)s4)n3)ncc21. The number of fused-ring (bicyclic) bond motifs is 1. The van der Waals surface area contributed by atoms with Crippen molar-refractivity contribution in [3.8, 4) is 10.7 Å². The summed E-state index contributed by atoms with van der Waals surface area (Å²) in [6.45, 7) is 2.04. The van der Waals surface area contributed by atoms with Gasteiger partial charge >= 0.3 is 11.8 Å². The number of amides is 1. The standard InChI is InChI=1S/C30H37N7O5S/c1-30(2,40)24-16-32-27(43-24)21-11-18(17-7-9-42-10-8-17)12-26(34-21)35-25-14-22-23(15-31-25)36(3)29(39)37(22)20-6-5-19(13-20)33-28(38)41-4/h11-12,14-17,19-20,40H,5-10,13H2,1-4H3,(H,33,38)(H,31,34,35)/t19-,20-/m1/s1/i3D3. The van der Waals surface area contributed by atoms with Crippen molar-refractivity contribution in [3.63, 3.8) is 0 Å². The van der Waals surface area contributed by atoms with E-state index in [1.54, 1.807) is 26.1 Å². The topological polar surface area (TPSA) is 145 Å². The maximum absolute atomic E-state index is 13.6. The summed E-state index contributed by atoms with van der Waals surface area (Å²) in [5, 5.41) is 17.2. The fourth-order valence-electron chi connectivity index (χ4n) is 5.89. The maximum atomic E-state index is 13.6. The summed E-state index contributed by atoms with van der Waals surface area (Å²) in [6, 6.07) is 5.10. The average Bonchev–Trinajstić information content (AvgIpc) is 3.74. The van der Waals surface area contributed by atoms with Crippen LogP contribution in [0.25, 0.3) is 21.7 Å². The second kappa shape index (κ2) is 11.7. The summed E-state index contributed by atoms with van der Waals surface area (Å²) < 4.78 is 36.8. The zero-order valence-electron chi connectivity index (χ0n) is 27.3. The lowest BCUT2D eigenvalue weighted by Crippen LogP contribution is -2.33. The molecule has 3 N–H and O–H groups in total. The molecule has 4 aromatic heterocycles. The van der Waals surface area contributed by atoms with Crippen LogP contribution in [-0.4, -0.2) is 61.7 Å². The van der Waals surface area contributed by atoms with Crippen LogP contribution in [0.4, 0.5) is 16.4 Å². The first kappa shape index (κ1) is 25.7. The minimum atomic E-state index is -2.72. The van der Waals surface area contributed by atoms with Gasteiger partial charge in [-0.05, 0) is 69.6 Å². The third-order valence-electron chi connectivity index (χ3n) is 8.16. The molecule has 0 spiro atoms. The average molecular weight is 611 g/mol. The number of carbonyl (C=O) groups excluding carboxylic acids is 1. The first-order valence-corrected chi connectivity index (χ1v) is 15.2. The molecule has 43 heavy (non-hydrogen) atoms. The Morgan fingerprint density at radius 3 is 2.67 bits per heavy atom. The minimum absolute atomic E-state index is 0.187. The van der Waals surface area contributed by atoms with Crippen LogP contribution in [0.5, 0.6) is 0 Å². The van der Waals surface area contributed by atoms with Crippen LogP contribution in [0.15, 0.2) is 35.4 Å². The molecule has 13 heteroatoms. The molecule has 0 aromatic carbocycles. The molecule has 1 saturated heterocycles. The number of aliphatic hydroxyl groups is 1. The van der Waals surface area contributed by atoms with Gasteiger partial charge in [-0.25, -0.2) is 24.5 Å². The van der Waals surface area contributed by atoms with Crippen LogP contribution in [0.2, 0.25) is 0 Å². The Labute approximate surface area is 257 Å². The molecule has 0 radical (unpaired) electrons. The first-order chi connectivity index (χ1) is 21.8. The van der Waals surface area contributed by atoms with Crippen molar-refractivity contribution in [3.05, 3.63) is 51.5 Å². The summed E-state index contributed by atoms with van der Waals surface area (Å²) in [4.78, 5) is 40.0. The van der Waals surface area contributed by atoms with Crippen molar-refractivity contribution in [2.45, 2.75) is 69.6 Å². The third-order valence-corrected chi connectivity index (χ3v) is 9.49. The van der Waals surface area contributed by atoms with E-state index in [-0.39, 0.29) is 23.5 Å². The first-order valence-electron chi connectivity index (χ1n) is 15.9. The molecule has 228 valence electrons. The molecule has 0 unspecified atom stereocenters. The van der Waals surface area contributed by atoms with Crippen LogP contribution >= 0.6 is 11.3 Å². The van der Waals surface area contributed by atoms with Gasteiger partial charge in [-0.2, -0.15) is 0 Å². The van der Waals surface area contributed by atoms with E-state index in [0.29, 0.717) is 60.3 Å². The number of aryl methyl sites for hydroxylation is 1. The molecule has 4 aromatic rings. The van der Waals surface area contributed by atoms with E-state index in [1.165, 1.54) is 29.2 Å². The summed E-state index contributed by atoms with van der Waals surface area (Å²) in [6.07, 6.45) is 5.85.